The van der Waals surface area contributed by atoms with Crippen molar-refractivity contribution >= 4 is 27.3 Å². The van der Waals surface area contributed by atoms with E-state index < -0.39 is 10.0 Å². The molecule has 2 aromatic rings. The number of rotatable bonds is 3. The van der Waals surface area contributed by atoms with Gasteiger partial charge < -0.3 is 4.42 Å². The van der Waals surface area contributed by atoms with E-state index in [2.05, 4.69) is 10.2 Å². The van der Waals surface area contributed by atoms with Gasteiger partial charge in [0.05, 0.1) is 11.4 Å². The van der Waals surface area contributed by atoms with Crippen LogP contribution in [-0.2, 0) is 28.7 Å². The number of hydrogen-bond donors (Lipinski definition) is 0. The number of aryl methyl sites for hydroxylation is 1. The van der Waals surface area contributed by atoms with Crippen LogP contribution in [-0.4, -0.2) is 18.6 Å². The molecule has 0 fully saturated rings. The van der Waals surface area contributed by atoms with E-state index in [4.69, 9.17) is 16.0 Å². The molecule has 1 aliphatic heterocycles. The summed E-state index contributed by atoms with van der Waals surface area (Å²) < 4.78 is 31.0. The molecule has 0 atom stereocenters. The highest BCUT2D eigenvalue weighted by Crippen LogP contribution is 2.36. The van der Waals surface area contributed by atoms with Gasteiger partial charge in [0.25, 0.3) is 0 Å². The average Bonchev–Trinajstić information content (AvgIpc) is 2.94. The molecule has 106 valence electrons. The van der Waals surface area contributed by atoms with E-state index in [0.29, 0.717) is 23.0 Å². The Morgan fingerprint density at radius 2 is 2.10 bits per heavy atom. The number of benzene rings is 1. The zero-order chi connectivity index (χ0) is 14.3. The second-order valence-corrected chi connectivity index (χ2v) is 6.81. The zero-order valence-electron chi connectivity index (χ0n) is 10.7. The van der Waals surface area contributed by atoms with Gasteiger partial charge in [-0.15, -0.1) is 10.2 Å². The van der Waals surface area contributed by atoms with Gasteiger partial charge in [0.15, 0.2) is 0 Å². The van der Waals surface area contributed by atoms with Gasteiger partial charge in [-0.25, -0.2) is 8.42 Å². The molecular weight excluding hydrogens is 302 g/mol. The summed E-state index contributed by atoms with van der Waals surface area (Å²) in [7, 11) is -3.41. The number of fused-ring (bicyclic) bond motifs is 1. The van der Waals surface area contributed by atoms with Crippen molar-refractivity contribution in [2.75, 3.05) is 4.31 Å². The van der Waals surface area contributed by atoms with Gasteiger partial charge in [-0.05, 0) is 17.7 Å². The summed E-state index contributed by atoms with van der Waals surface area (Å²) in [6, 6.07) is 5.04. The quantitative estimate of drug-likeness (QED) is 0.867. The Labute approximate surface area is 121 Å². The molecule has 0 aliphatic carbocycles. The van der Waals surface area contributed by atoms with Crippen molar-refractivity contribution in [1.82, 2.24) is 10.2 Å². The van der Waals surface area contributed by atoms with Crippen LogP contribution in [0.3, 0.4) is 0 Å². The number of anilines is 1. The molecule has 0 spiro atoms. The van der Waals surface area contributed by atoms with Gasteiger partial charge in [-0.1, -0.05) is 24.6 Å². The van der Waals surface area contributed by atoms with Gasteiger partial charge in [0.1, 0.15) is 6.54 Å². The fourth-order valence-electron chi connectivity index (χ4n) is 2.12. The molecule has 1 aliphatic rings. The molecule has 0 saturated carbocycles. The minimum absolute atomic E-state index is 0.0304. The standard InChI is InChI=1S/C12H12ClN3O3S/c1-2-11-14-15-12(19-11)6-16-10-5-9(13)4-3-8(10)7-20(16,17)18/h3-5H,2,6-7H2,1H3. The summed E-state index contributed by atoms with van der Waals surface area (Å²) in [6.07, 6.45) is 0.613. The molecular formula is C12H12ClN3O3S. The van der Waals surface area contributed by atoms with E-state index in [0.717, 1.165) is 5.56 Å². The van der Waals surface area contributed by atoms with Crippen LogP contribution in [0.2, 0.25) is 5.02 Å². The second-order valence-electron chi connectivity index (χ2n) is 4.48. The van der Waals surface area contributed by atoms with E-state index in [-0.39, 0.29) is 18.2 Å². The Hall–Kier alpha value is -1.60. The van der Waals surface area contributed by atoms with Crippen molar-refractivity contribution in [1.29, 1.82) is 0 Å². The van der Waals surface area contributed by atoms with Crippen molar-refractivity contribution in [3.05, 3.63) is 40.6 Å². The number of nitrogens with zero attached hydrogens (tertiary/aromatic N) is 3. The van der Waals surface area contributed by atoms with Crippen LogP contribution < -0.4 is 4.31 Å². The molecule has 0 radical (unpaired) electrons. The number of aromatic nitrogens is 2. The van der Waals surface area contributed by atoms with Crippen LogP contribution in [0.15, 0.2) is 22.6 Å². The van der Waals surface area contributed by atoms with Gasteiger partial charge >= 0.3 is 0 Å². The SMILES string of the molecule is CCc1nnc(CN2c3cc(Cl)ccc3CS2(=O)=O)o1. The predicted molar refractivity (Wildman–Crippen MR) is 73.9 cm³/mol. The average molecular weight is 314 g/mol. The lowest BCUT2D eigenvalue weighted by molar-refractivity contribution is 0.455. The summed E-state index contributed by atoms with van der Waals surface area (Å²) in [5.74, 6) is 0.732. The maximum absolute atomic E-state index is 12.2. The molecule has 0 bridgehead atoms. The highest BCUT2D eigenvalue weighted by molar-refractivity contribution is 7.92. The van der Waals surface area contributed by atoms with Crippen LogP contribution in [0.25, 0.3) is 0 Å². The smallest absolute Gasteiger partial charge is 0.239 e. The zero-order valence-corrected chi connectivity index (χ0v) is 12.3. The van der Waals surface area contributed by atoms with Crippen LogP contribution in [0, 0.1) is 0 Å². The first kappa shape index (κ1) is 13.4. The minimum Gasteiger partial charge on any atom is -0.423 e. The molecule has 1 aromatic heterocycles. The normalized spacial score (nSPS) is 16.4. The fraction of sp³-hybridized carbons (Fsp3) is 0.333. The van der Waals surface area contributed by atoms with Crippen molar-refractivity contribution in [2.24, 2.45) is 0 Å². The monoisotopic (exact) mass is 313 g/mol. The van der Waals surface area contributed by atoms with Crippen LogP contribution in [0.1, 0.15) is 24.3 Å². The van der Waals surface area contributed by atoms with Crippen LogP contribution in [0.5, 0.6) is 0 Å². The highest BCUT2D eigenvalue weighted by Gasteiger charge is 2.34. The molecule has 0 saturated heterocycles. The predicted octanol–water partition coefficient (Wildman–Crippen LogP) is 2.14. The topological polar surface area (TPSA) is 76.3 Å². The van der Waals surface area contributed by atoms with Crippen LogP contribution >= 0.6 is 11.6 Å². The molecule has 6 nitrogen and oxygen atoms in total. The lowest BCUT2D eigenvalue weighted by Gasteiger charge is -2.16. The van der Waals surface area contributed by atoms with E-state index >= 15 is 0 Å². The third kappa shape index (κ3) is 2.27. The van der Waals surface area contributed by atoms with Gasteiger partial charge in [0.2, 0.25) is 21.8 Å². The van der Waals surface area contributed by atoms with E-state index in [1.54, 1.807) is 18.2 Å². The largest absolute Gasteiger partial charge is 0.423 e. The summed E-state index contributed by atoms with van der Waals surface area (Å²) in [4.78, 5) is 0. The Balaban J connectivity index is 1.97. The Bertz CT molecular complexity index is 757. The molecule has 8 heteroatoms. The van der Waals surface area contributed by atoms with Gasteiger partial charge in [-0.2, -0.15) is 0 Å². The van der Waals surface area contributed by atoms with Gasteiger partial charge in [0, 0.05) is 11.4 Å². The van der Waals surface area contributed by atoms with Crippen molar-refractivity contribution < 1.29 is 12.8 Å². The summed E-state index contributed by atoms with van der Waals surface area (Å²) >= 11 is 5.94. The molecule has 2 heterocycles. The maximum atomic E-state index is 12.2. The minimum atomic E-state index is -3.41. The molecule has 3 rings (SSSR count). The lowest BCUT2D eigenvalue weighted by Crippen LogP contribution is -2.26. The lowest BCUT2D eigenvalue weighted by atomic mass is 10.2. The molecule has 20 heavy (non-hydrogen) atoms. The first-order valence-corrected chi connectivity index (χ1v) is 8.08. The number of halogens is 1. The van der Waals surface area contributed by atoms with Crippen molar-refractivity contribution in [3.63, 3.8) is 0 Å². The van der Waals surface area contributed by atoms with E-state index in [9.17, 15) is 8.42 Å². The van der Waals surface area contributed by atoms with E-state index in [1.165, 1.54) is 4.31 Å². The van der Waals surface area contributed by atoms with E-state index in [1.807, 2.05) is 6.92 Å². The summed E-state index contributed by atoms with van der Waals surface area (Å²) in [6.45, 7) is 1.92. The molecule has 0 N–H and O–H groups in total. The second kappa shape index (κ2) is 4.75. The first-order valence-electron chi connectivity index (χ1n) is 6.09. The fourth-order valence-corrected chi connectivity index (χ4v) is 3.85. The highest BCUT2D eigenvalue weighted by atomic mass is 35.5. The maximum Gasteiger partial charge on any atom is 0.239 e. The number of sulfonamides is 1. The summed E-state index contributed by atoms with van der Waals surface area (Å²) in [5.41, 5.74) is 1.30. The molecule has 0 unspecified atom stereocenters. The van der Waals surface area contributed by atoms with Gasteiger partial charge in [-0.3, -0.25) is 4.31 Å². The van der Waals surface area contributed by atoms with Crippen molar-refractivity contribution in [3.8, 4) is 0 Å². The third-order valence-corrected chi connectivity index (χ3v) is 4.99. The summed E-state index contributed by atoms with van der Waals surface area (Å²) in [5, 5.41) is 8.18. The molecule has 1 aromatic carbocycles. The van der Waals surface area contributed by atoms with Crippen LogP contribution in [0.4, 0.5) is 5.69 Å². The Kier molecular flexibility index (Phi) is 3.18. The first-order chi connectivity index (χ1) is 9.49. The Morgan fingerprint density at radius 3 is 2.80 bits per heavy atom. The number of hydrogen-bond acceptors (Lipinski definition) is 5. The Morgan fingerprint density at radius 1 is 1.35 bits per heavy atom. The molecule has 0 amide bonds. The van der Waals surface area contributed by atoms with Crippen molar-refractivity contribution in [2.45, 2.75) is 25.6 Å². The third-order valence-electron chi connectivity index (χ3n) is 3.08.